The van der Waals surface area contributed by atoms with Crippen LogP contribution in [-0.2, 0) is 9.53 Å². The summed E-state index contributed by atoms with van der Waals surface area (Å²) >= 11 is 0. The van der Waals surface area contributed by atoms with Crippen molar-refractivity contribution in [3.8, 4) is 0 Å². The summed E-state index contributed by atoms with van der Waals surface area (Å²) in [5, 5.41) is 0. The highest BCUT2D eigenvalue weighted by Crippen LogP contribution is 2.23. The molecule has 0 amide bonds. The number of allylic oxidation sites excluding steroid dienone is 1. The number of hydrogen-bond donors (Lipinski definition) is 0. The molecule has 1 heterocycles. The molecule has 80 valence electrons. The Kier molecular flexibility index (Phi) is 3.55. The summed E-state index contributed by atoms with van der Waals surface area (Å²) < 4.78 is 40.2. The van der Waals surface area contributed by atoms with E-state index in [1.807, 2.05) is 0 Å². The number of alkyl halides is 3. The summed E-state index contributed by atoms with van der Waals surface area (Å²) in [4.78, 5) is 11.2. The summed E-state index contributed by atoms with van der Waals surface area (Å²) in [6.07, 6.45) is -3.28. The van der Waals surface area contributed by atoms with Crippen LogP contribution in [-0.4, -0.2) is 18.6 Å². The zero-order valence-electron chi connectivity index (χ0n) is 7.56. The first-order chi connectivity index (χ1) is 6.49. The molecular weight excluding hydrogens is 197 g/mol. The Labute approximate surface area is 79.7 Å². The molecule has 0 fully saturated rings. The van der Waals surface area contributed by atoms with Gasteiger partial charge in [-0.1, -0.05) is 0 Å². The van der Waals surface area contributed by atoms with Crippen LogP contribution in [0.2, 0.25) is 0 Å². The van der Waals surface area contributed by atoms with Gasteiger partial charge >= 0.3 is 6.18 Å². The van der Waals surface area contributed by atoms with Crippen molar-refractivity contribution in [1.82, 2.24) is 0 Å². The Morgan fingerprint density at radius 3 is 2.71 bits per heavy atom. The van der Waals surface area contributed by atoms with Crippen molar-refractivity contribution in [2.24, 2.45) is 0 Å². The molecule has 1 rings (SSSR count). The third-order valence-corrected chi connectivity index (χ3v) is 1.93. The third kappa shape index (κ3) is 3.81. The van der Waals surface area contributed by atoms with E-state index in [2.05, 4.69) is 0 Å². The zero-order valence-corrected chi connectivity index (χ0v) is 7.56. The van der Waals surface area contributed by atoms with Gasteiger partial charge in [-0.2, -0.15) is 13.2 Å². The molecule has 0 aromatic carbocycles. The van der Waals surface area contributed by atoms with Gasteiger partial charge in [0.15, 0.2) is 5.78 Å². The Morgan fingerprint density at radius 2 is 2.21 bits per heavy atom. The molecule has 0 saturated carbocycles. The molecule has 0 unspecified atom stereocenters. The minimum Gasteiger partial charge on any atom is -0.501 e. The van der Waals surface area contributed by atoms with Crippen LogP contribution in [0.25, 0.3) is 0 Å². The van der Waals surface area contributed by atoms with Gasteiger partial charge in [0.25, 0.3) is 0 Å². The SMILES string of the molecule is O=C(CCC(F)(F)F)C1=COCCC1. The highest BCUT2D eigenvalue weighted by Gasteiger charge is 2.28. The molecule has 0 bridgehead atoms. The molecule has 0 radical (unpaired) electrons. The van der Waals surface area contributed by atoms with Gasteiger partial charge in [0.05, 0.1) is 19.3 Å². The summed E-state index contributed by atoms with van der Waals surface area (Å²) in [5.74, 6) is -0.456. The first-order valence-electron chi connectivity index (χ1n) is 4.39. The number of ether oxygens (including phenoxy) is 1. The van der Waals surface area contributed by atoms with Crippen LogP contribution < -0.4 is 0 Å². The van der Waals surface area contributed by atoms with Gasteiger partial charge in [-0.3, -0.25) is 4.79 Å². The Balaban J connectivity index is 2.38. The van der Waals surface area contributed by atoms with E-state index in [-0.39, 0.29) is 0 Å². The lowest BCUT2D eigenvalue weighted by Gasteiger charge is -2.12. The average molecular weight is 208 g/mol. The first kappa shape index (κ1) is 11.1. The van der Waals surface area contributed by atoms with E-state index in [4.69, 9.17) is 4.74 Å². The van der Waals surface area contributed by atoms with Gasteiger partial charge in [-0.05, 0) is 12.8 Å². The first-order valence-corrected chi connectivity index (χ1v) is 4.39. The molecule has 14 heavy (non-hydrogen) atoms. The van der Waals surface area contributed by atoms with E-state index in [1.54, 1.807) is 0 Å². The normalized spacial score (nSPS) is 17.2. The molecule has 1 aliphatic heterocycles. The van der Waals surface area contributed by atoms with E-state index in [0.29, 0.717) is 25.0 Å². The van der Waals surface area contributed by atoms with Crippen LogP contribution in [0.1, 0.15) is 25.7 Å². The molecule has 5 heteroatoms. The molecular formula is C9H11F3O2. The highest BCUT2D eigenvalue weighted by molar-refractivity contribution is 5.95. The highest BCUT2D eigenvalue weighted by atomic mass is 19.4. The summed E-state index contributed by atoms with van der Waals surface area (Å²) in [6, 6.07) is 0. The number of hydrogen-bond acceptors (Lipinski definition) is 2. The molecule has 0 saturated heterocycles. The van der Waals surface area contributed by atoms with Gasteiger partial charge in [-0.15, -0.1) is 0 Å². The minimum atomic E-state index is -4.26. The number of rotatable bonds is 3. The van der Waals surface area contributed by atoms with Crippen LogP contribution in [0.5, 0.6) is 0 Å². The average Bonchev–Trinajstić information content (AvgIpc) is 2.14. The van der Waals surface area contributed by atoms with Crippen LogP contribution in [0.4, 0.5) is 13.2 Å². The molecule has 0 aromatic rings. The fourth-order valence-electron chi connectivity index (χ4n) is 1.19. The predicted octanol–water partition coefficient (Wildman–Crippen LogP) is 2.59. The standard InChI is InChI=1S/C9H11F3O2/c10-9(11,12)4-3-8(13)7-2-1-5-14-6-7/h6H,1-5H2. The van der Waals surface area contributed by atoms with Gasteiger partial charge in [0.2, 0.25) is 0 Å². The smallest absolute Gasteiger partial charge is 0.389 e. The molecule has 1 aliphatic rings. The molecule has 0 atom stereocenters. The van der Waals surface area contributed by atoms with Crippen LogP contribution in [0, 0.1) is 0 Å². The monoisotopic (exact) mass is 208 g/mol. The van der Waals surface area contributed by atoms with Crippen molar-refractivity contribution in [3.63, 3.8) is 0 Å². The van der Waals surface area contributed by atoms with E-state index >= 15 is 0 Å². The number of carbonyl (C=O) groups excluding carboxylic acids is 1. The second kappa shape index (κ2) is 4.48. The molecule has 2 nitrogen and oxygen atoms in total. The van der Waals surface area contributed by atoms with Gasteiger partial charge in [0.1, 0.15) is 0 Å². The van der Waals surface area contributed by atoms with E-state index < -0.39 is 24.8 Å². The van der Waals surface area contributed by atoms with Crippen LogP contribution in [0.3, 0.4) is 0 Å². The van der Waals surface area contributed by atoms with Crippen molar-refractivity contribution in [3.05, 3.63) is 11.8 Å². The topological polar surface area (TPSA) is 26.3 Å². The van der Waals surface area contributed by atoms with E-state index in [9.17, 15) is 18.0 Å². The second-order valence-electron chi connectivity index (χ2n) is 3.16. The van der Waals surface area contributed by atoms with Gasteiger partial charge < -0.3 is 4.74 Å². The summed E-state index contributed by atoms with van der Waals surface area (Å²) in [7, 11) is 0. The molecule has 0 spiro atoms. The lowest BCUT2D eigenvalue weighted by atomic mass is 10.0. The van der Waals surface area contributed by atoms with Crippen LogP contribution in [0.15, 0.2) is 11.8 Å². The molecule has 0 N–H and O–H groups in total. The number of Topliss-reactive ketones (excluding diaryl/α,β-unsaturated/α-hetero) is 1. The quantitative estimate of drug-likeness (QED) is 0.712. The predicted molar refractivity (Wildman–Crippen MR) is 43.6 cm³/mol. The maximum atomic E-state index is 11.8. The Bertz CT molecular complexity index is 243. The lowest BCUT2D eigenvalue weighted by Crippen LogP contribution is -2.14. The summed E-state index contributed by atoms with van der Waals surface area (Å²) in [5.41, 5.74) is 0.375. The van der Waals surface area contributed by atoms with Crippen molar-refractivity contribution in [2.75, 3.05) is 6.61 Å². The third-order valence-electron chi connectivity index (χ3n) is 1.93. The number of halogens is 3. The number of ketones is 1. The van der Waals surface area contributed by atoms with Crippen molar-refractivity contribution in [2.45, 2.75) is 31.9 Å². The lowest BCUT2D eigenvalue weighted by molar-refractivity contribution is -0.142. The van der Waals surface area contributed by atoms with Crippen LogP contribution >= 0.6 is 0 Å². The molecule has 0 aliphatic carbocycles. The van der Waals surface area contributed by atoms with Crippen molar-refractivity contribution < 1.29 is 22.7 Å². The van der Waals surface area contributed by atoms with Crippen molar-refractivity contribution in [1.29, 1.82) is 0 Å². The Hall–Kier alpha value is -1.00. The fraction of sp³-hybridized carbons (Fsp3) is 0.667. The van der Waals surface area contributed by atoms with Crippen molar-refractivity contribution >= 4 is 5.78 Å². The maximum Gasteiger partial charge on any atom is 0.389 e. The van der Waals surface area contributed by atoms with E-state index in [1.165, 1.54) is 6.26 Å². The molecule has 0 aromatic heterocycles. The van der Waals surface area contributed by atoms with Gasteiger partial charge in [-0.25, -0.2) is 0 Å². The zero-order chi connectivity index (χ0) is 10.6. The number of carbonyl (C=O) groups is 1. The Morgan fingerprint density at radius 1 is 1.50 bits per heavy atom. The largest absolute Gasteiger partial charge is 0.501 e. The summed E-state index contributed by atoms with van der Waals surface area (Å²) in [6.45, 7) is 0.538. The minimum absolute atomic E-state index is 0.375. The fourth-order valence-corrected chi connectivity index (χ4v) is 1.19. The second-order valence-corrected chi connectivity index (χ2v) is 3.16. The van der Waals surface area contributed by atoms with E-state index in [0.717, 1.165) is 0 Å². The maximum absolute atomic E-state index is 11.8. The van der Waals surface area contributed by atoms with Gasteiger partial charge in [0, 0.05) is 12.0 Å².